The van der Waals surface area contributed by atoms with Crippen molar-refractivity contribution in [2.24, 2.45) is 0 Å². The molecule has 1 atom stereocenters. The molecule has 2 heterocycles. The van der Waals surface area contributed by atoms with Gasteiger partial charge in [0, 0.05) is 11.6 Å². The van der Waals surface area contributed by atoms with Crippen LogP contribution in [0.3, 0.4) is 0 Å². The number of fused-ring (bicyclic) bond motifs is 1. The quantitative estimate of drug-likeness (QED) is 0.782. The van der Waals surface area contributed by atoms with E-state index in [-0.39, 0.29) is 29.5 Å². The lowest BCUT2D eigenvalue weighted by molar-refractivity contribution is -0.128. The van der Waals surface area contributed by atoms with Gasteiger partial charge in [0.1, 0.15) is 11.9 Å². The summed E-state index contributed by atoms with van der Waals surface area (Å²) in [5.74, 6) is -0.615. The van der Waals surface area contributed by atoms with E-state index in [1.807, 2.05) is 0 Å². The van der Waals surface area contributed by atoms with Gasteiger partial charge in [-0.05, 0) is 30.5 Å². The lowest BCUT2D eigenvalue weighted by Crippen LogP contribution is -2.32. The predicted molar refractivity (Wildman–Crippen MR) is 67.1 cm³/mol. The molecule has 0 radical (unpaired) electrons. The predicted octanol–water partition coefficient (Wildman–Crippen LogP) is 2.41. The van der Waals surface area contributed by atoms with Crippen molar-refractivity contribution < 1.29 is 14.0 Å². The second kappa shape index (κ2) is 4.49. The average molecular weight is 283 g/mol. The first kappa shape index (κ1) is 12.4. The van der Waals surface area contributed by atoms with E-state index in [9.17, 15) is 14.0 Å². The summed E-state index contributed by atoms with van der Waals surface area (Å²) >= 11 is 5.92. The van der Waals surface area contributed by atoms with E-state index in [2.05, 4.69) is 0 Å². The number of rotatable bonds is 2. The van der Waals surface area contributed by atoms with Crippen LogP contribution in [-0.4, -0.2) is 34.3 Å². The molecule has 4 nitrogen and oxygen atoms in total. The summed E-state index contributed by atoms with van der Waals surface area (Å²) in [5, 5.41) is 0.229. The number of hydrogen-bond acceptors (Lipinski definition) is 2. The Balaban J connectivity index is 1.84. The third-order valence-electron chi connectivity index (χ3n) is 3.62. The van der Waals surface area contributed by atoms with Crippen LogP contribution in [0.25, 0.3) is 0 Å². The first-order valence-electron chi connectivity index (χ1n) is 6.14. The zero-order valence-electron chi connectivity index (χ0n) is 10.1. The third-order valence-corrected chi connectivity index (χ3v) is 3.98. The van der Waals surface area contributed by atoms with Gasteiger partial charge < -0.3 is 4.90 Å². The molecule has 100 valence electrons. The number of nitrogens with zero attached hydrogens (tertiary/aromatic N) is 2. The fourth-order valence-electron chi connectivity index (χ4n) is 2.65. The molecule has 1 aromatic rings. The maximum atomic E-state index is 13.0. The summed E-state index contributed by atoms with van der Waals surface area (Å²) in [6, 6.07) is 3.37. The summed E-state index contributed by atoms with van der Waals surface area (Å²) in [7, 11) is 0. The number of carbonyl (C=O) groups is 2. The summed E-state index contributed by atoms with van der Waals surface area (Å²) < 4.78 is 13.0. The van der Waals surface area contributed by atoms with Gasteiger partial charge >= 0.3 is 6.03 Å². The number of halogens is 2. The third kappa shape index (κ3) is 1.98. The summed E-state index contributed by atoms with van der Waals surface area (Å²) in [4.78, 5) is 27.0. The highest BCUT2D eigenvalue weighted by Gasteiger charge is 2.47. The number of carbonyl (C=O) groups excluding carboxylic acids is 2. The standard InChI is InChI=1S/C13H12ClFN2O2/c14-10-6-9(15)4-3-8(10)7-17-12(18)11-2-1-5-16(11)13(17)19/h3-4,6,11H,1-2,5,7H2. The Morgan fingerprint density at radius 3 is 2.84 bits per heavy atom. The fraction of sp³-hybridized carbons (Fsp3) is 0.385. The van der Waals surface area contributed by atoms with Crippen LogP contribution in [0.15, 0.2) is 18.2 Å². The van der Waals surface area contributed by atoms with Crippen LogP contribution in [0.5, 0.6) is 0 Å². The summed E-state index contributed by atoms with van der Waals surface area (Å²) in [6.07, 6.45) is 1.59. The van der Waals surface area contributed by atoms with Gasteiger partial charge in [-0.15, -0.1) is 0 Å². The fourth-order valence-corrected chi connectivity index (χ4v) is 2.87. The number of hydrogen-bond donors (Lipinski definition) is 0. The van der Waals surface area contributed by atoms with E-state index in [1.165, 1.54) is 23.1 Å². The highest BCUT2D eigenvalue weighted by Crippen LogP contribution is 2.29. The van der Waals surface area contributed by atoms with Gasteiger partial charge in [0.2, 0.25) is 0 Å². The van der Waals surface area contributed by atoms with E-state index >= 15 is 0 Å². The zero-order valence-corrected chi connectivity index (χ0v) is 10.9. The average Bonchev–Trinajstić information content (AvgIpc) is 2.92. The lowest BCUT2D eigenvalue weighted by atomic mass is 10.2. The van der Waals surface area contributed by atoms with Crippen molar-refractivity contribution in [3.63, 3.8) is 0 Å². The van der Waals surface area contributed by atoms with Crippen LogP contribution in [-0.2, 0) is 11.3 Å². The SMILES string of the molecule is O=C1C2CCCN2C(=O)N1Cc1ccc(F)cc1Cl. The summed E-state index contributed by atoms with van der Waals surface area (Å²) in [6.45, 7) is 0.729. The molecule has 3 amide bonds. The van der Waals surface area contributed by atoms with Crippen molar-refractivity contribution in [2.45, 2.75) is 25.4 Å². The number of benzene rings is 1. The Kier molecular flexibility index (Phi) is 2.93. The van der Waals surface area contributed by atoms with Gasteiger partial charge in [-0.3, -0.25) is 9.69 Å². The first-order valence-corrected chi connectivity index (χ1v) is 6.51. The van der Waals surface area contributed by atoms with Crippen LogP contribution in [0.2, 0.25) is 5.02 Å². The molecule has 0 bridgehead atoms. The van der Waals surface area contributed by atoms with E-state index < -0.39 is 5.82 Å². The van der Waals surface area contributed by atoms with Crippen molar-refractivity contribution in [1.82, 2.24) is 9.80 Å². The molecule has 0 N–H and O–H groups in total. The second-order valence-electron chi connectivity index (χ2n) is 4.79. The molecule has 0 aliphatic carbocycles. The molecular formula is C13H12ClFN2O2. The summed E-state index contributed by atoms with van der Waals surface area (Å²) in [5.41, 5.74) is 0.575. The highest BCUT2D eigenvalue weighted by molar-refractivity contribution is 6.31. The van der Waals surface area contributed by atoms with Crippen molar-refractivity contribution in [2.75, 3.05) is 6.54 Å². The van der Waals surface area contributed by atoms with Crippen molar-refractivity contribution >= 4 is 23.5 Å². The lowest BCUT2D eigenvalue weighted by Gasteiger charge is -2.16. The molecule has 0 aromatic heterocycles. The van der Waals surface area contributed by atoms with Crippen LogP contribution < -0.4 is 0 Å². The monoisotopic (exact) mass is 282 g/mol. The maximum Gasteiger partial charge on any atom is 0.327 e. The van der Waals surface area contributed by atoms with E-state index in [1.54, 1.807) is 4.90 Å². The van der Waals surface area contributed by atoms with E-state index in [4.69, 9.17) is 11.6 Å². The van der Waals surface area contributed by atoms with Gasteiger partial charge in [-0.2, -0.15) is 0 Å². The number of imide groups is 1. The molecule has 1 unspecified atom stereocenters. The molecule has 6 heteroatoms. The van der Waals surface area contributed by atoms with Crippen molar-refractivity contribution in [3.8, 4) is 0 Å². The van der Waals surface area contributed by atoms with Gasteiger partial charge in [0.15, 0.2) is 0 Å². The molecule has 2 saturated heterocycles. The largest absolute Gasteiger partial charge is 0.327 e. The Morgan fingerprint density at radius 2 is 2.16 bits per heavy atom. The van der Waals surface area contributed by atoms with E-state index in [0.717, 1.165) is 12.8 Å². The topological polar surface area (TPSA) is 40.6 Å². The number of amides is 3. The minimum atomic E-state index is -0.437. The van der Waals surface area contributed by atoms with Crippen LogP contribution in [0.4, 0.5) is 9.18 Å². The van der Waals surface area contributed by atoms with E-state index in [0.29, 0.717) is 12.1 Å². The zero-order chi connectivity index (χ0) is 13.6. The Bertz CT molecular complexity index is 542. The van der Waals surface area contributed by atoms with Crippen molar-refractivity contribution in [3.05, 3.63) is 34.6 Å². The minimum absolute atomic E-state index is 0.101. The first-order chi connectivity index (χ1) is 9.08. The number of urea groups is 1. The Labute approximate surface area is 114 Å². The maximum absolute atomic E-state index is 13.0. The molecule has 19 heavy (non-hydrogen) atoms. The molecule has 2 fully saturated rings. The van der Waals surface area contributed by atoms with Crippen LogP contribution in [0, 0.1) is 5.82 Å². The van der Waals surface area contributed by atoms with Crippen molar-refractivity contribution in [1.29, 1.82) is 0 Å². The Hall–Kier alpha value is -1.62. The molecule has 2 aliphatic heterocycles. The second-order valence-corrected chi connectivity index (χ2v) is 5.20. The molecule has 0 spiro atoms. The normalized spacial score (nSPS) is 22.3. The van der Waals surface area contributed by atoms with Gasteiger partial charge in [-0.1, -0.05) is 17.7 Å². The van der Waals surface area contributed by atoms with Crippen LogP contribution >= 0.6 is 11.6 Å². The molecule has 1 aromatic carbocycles. The molecular weight excluding hydrogens is 271 g/mol. The van der Waals surface area contributed by atoms with Gasteiger partial charge in [0.05, 0.1) is 6.54 Å². The molecule has 0 saturated carbocycles. The van der Waals surface area contributed by atoms with Gasteiger partial charge in [0.25, 0.3) is 5.91 Å². The Morgan fingerprint density at radius 1 is 1.37 bits per heavy atom. The van der Waals surface area contributed by atoms with Crippen LogP contribution in [0.1, 0.15) is 18.4 Å². The highest BCUT2D eigenvalue weighted by atomic mass is 35.5. The smallest absolute Gasteiger partial charge is 0.312 e. The van der Waals surface area contributed by atoms with Gasteiger partial charge in [-0.25, -0.2) is 9.18 Å². The molecule has 3 rings (SSSR count). The molecule has 2 aliphatic rings. The minimum Gasteiger partial charge on any atom is -0.312 e.